The van der Waals surface area contributed by atoms with Crippen molar-refractivity contribution in [2.24, 2.45) is 0 Å². The van der Waals surface area contributed by atoms with Crippen LogP contribution in [0.15, 0.2) is 35.0 Å². The Kier molecular flexibility index (Phi) is 5.04. The molecule has 2 amide bonds. The van der Waals surface area contributed by atoms with Crippen molar-refractivity contribution in [2.45, 2.75) is 18.7 Å². The van der Waals surface area contributed by atoms with Crippen LogP contribution < -0.4 is 10.6 Å². The minimum Gasteiger partial charge on any atom is -0.373 e. The number of halogens is 4. The van der Waals surface area contributed by atoms with E-state index in [1.165, 1.54) is 30.5 Å². The van der Waals surface area contributed by atoms with Crippen molar-refractivity contribution in [3.05, 3.63) is 41.2 Å². The molecule has 1 atom stereocenters. The van der Waals surface area contributed by atoms with Crippen molar-refractivity contribution >= 4 is 34.8 Å². The Morgan fingerprint density at radius 2 is 1.92 bits per heavy atom. The van der Waals surface area contributed by atoms with E-state index in [-0.39, 0.29) is 22.2 Å². The number of nitrogens with one attached hydrogen (secondary N) is 2. The number of anilines is 2. The van der Waals surface area contributed by atoms with E-state index < -0.39 is 23.6 Å². The molecule has 25 heavy (non-hydrogen) atoms. The van der Waals surface area contributed by atoms with E-state index in [1.54, 1.807) is 0 Å². The molecule has 1 aromatic heterocycles. The molecule has 0 bridgehead atoms. The van der Waals surface area contributed by atoms with Gasteiger partial charge in [0, 0.05) is 11.8 Å². The van der Waals surface area contributed by atoms with Gasteiger partial charge in [-0.25, -0.2) is 0 Å². The number of benzene rings is 1. The van der Waals surface area contributed by atoms with Gasteiger partial charge in [0.05, 0.1) is 16.9 Å². The van der Waals surface area contributed by atoms with Gasteiger partial charge in [0.2, 0.25) is 11.4 Å². The Morgan fingerprint density at radius 3 is 2.44 bits per heavy atom. The van der Waals surface area contributed by atoms with Crippen LogP contribution in [-0.4, -0.2) is 33.9 Å². The molecular weight excluding hydrogens is 367 g/mol. The van der Waals surface area contributed by atoms with E-state index in [0.29, 0.717) is 6.92 Å². The third-order valence-electron chi connectivity index (χ3n) is 3.13. The summed E-state index contributed by atoms with van der Waals surface area (Å²) >= 11 is 5.88. The second-order valence-corrected chi connectivity index (χ2v) is 5.46. The van der Waals surface area contributed by atoms with E-state index in [0.717, 1.165) is 0 Å². The molecule has 1 aromatic carbocycles. The highest BCUT2D eigenvalue weighted by Gasteiger charge is 2.55. The number of rotatable bonds is 4. The van der Waals surface area contributed by atoms with Crippen LogP contribution in [0.2, 0.25) is 5.02 Å². The highest BCUT2D eigenvalue weighted by Crippen LogP contribution is 2.32. The van der Waals surface area contributed by atoms with Gasteiger partial charge in [-0.2, -0.15) is 13.2 Å². The Balaban J connectivity index is 2.12. The average molecular weight is 378 g/mol. The molecule has 0 fully saturated rings. The normalized spacial score (nSPS) is 13.8. The van der Waals surface area contributed by atoms with Crippen molar-refractivity contribution in [3.8, 4) is 0 Å². The van der Waals surface area contributed by atoms with Gasteiger partial charge in [-0.05, 0) is 25.1 Å². The summed E-state index contributed by atoms with van der Waals surface area (Å²) in [6.45, 7) is 0.322. The van der Waals surface area contributed by atoms with Crippen LogP contribution >= 0.6 is 11.6 Å². The zero-order chi connectivity index (χ0) is 18.8. The van der Waals surface area contributed by atoms with Crippen LogP contribution in [0.5, 0.6) is 0 Å². The number of amides is 2. The molecule has 0 spiro atoms. The van der Waals surface area contributed by atoms with Gasteiger partial charge in [-0.15, -0.1) is 0 Å². The molecule has 0 radical (unpaired) electrons. The molecule has 0 aliphatic carbocycles. The molecule has 134 valence electrons. The maximum absolute atomic E-state index is 12.6. The number of aliphatic hydroxyl groups is 1. The smallest absolute Gasteiger partial charge is 0.373 e. The molecule has 0 saturated carbocycles. The van der Waals surface area contributed by atoms with Crippen molar-refractivity contribution in [3.63, 3.8) is 0 Å². The highest BCUT2D eigenvalue weighted by molar-refractivity contribution is 6.34. The summed E-state index contributed by atoms with van der Waals surface area (Å²) in [6, 6.07) is 4.99. The van der Waals surface area contributed by atoms with Crippen LogP contribution in [0.25, 0.3) is 0 Å². The van der Waals surface area contributed by atoms with Gasteiger partial charge in [-0.3, -0.25) is 9.59 Å². The van der Waals surface area contributed by atoms with Gasteiger partial charge in [0.15, 0.2) is 0 Å². The standard InChI is InChI=1S/C14H11ClF3N3O4/c1-13(24,14(16,17)18)12(23)21-9-3-2-7(6-8(9)15)20-11(22)10-4-5-19-25-10/h2-6,24H,1H3,(H,20,22)(H,21,23)/t13-/m1/s1. The molecule has 7 nitrogen and oxygen atoms in total. The van der Waals surface area contributed by atoms with Gasteiger partial charge in [0.1, 0.15) is 0 Å². The summed E-state index contributed by atoms with van der Waals surface area (Å²) in [5.74, 6) is -2.37. The zero-order valence-electron chi connectivity index (χ0n) is 12.5. The largest absolute Gasteiger partial charge is 0.426 e. The first-order chi connectivity index (χ1) is 11.5. The molecule has 11 heteroatoms. The van der Waals surface area contributed by atoms with Gasteiger partial charge < -0.3 is 20.3 Å². The number of hydrogen-bond acceptors (Lipinski definition) is 5. The maximum atomic E-state index is 12.6. The third kappa shape index (κ3) is 4.09. The Morgan fingerprint density at radius 1 is 1.24 bits per heavy atom. The summed E-state index contributed by atoms with van der Waals surface area (Å²) in [7, 11) is 0. The lowest BCUT2D eigenvalue weighted by Gasteiger charge is -2.25. The number of alkyl halides is 3. The lowest BCUT2D eigenvalue weighted by molar-refractivity contribution is -0.242. The first-order valence-electron chi connectivity index (χ1n) is 6.64. The monoisotopic (exact) mass is 377 g/mol. The Labute approximate surface area is 143 Å². The molecule has 0 aliphatic heterocycles. The molecule has 0 aliphatic rings. The SMILES string of the molecule is C[C@@](O)(C(=O)Nc1ccc(NC(=O)c2ccno2)cc1Cl)C(F)(F)F. The fraction of sp³-hybridized carbons (Fsp3) is 0.214. The van der Waals surface area contributed by atoms with E-state index >= 15 is 0 Å². The minimum absolute atomic E-state index is 0.0604. The first-order valence-corrected chi connectivity index (χ1v) is 7.02. The molecule has 0 saturated heterocycles. The maximum Gasteiger partial charge on any atom is 0.426 e. The highest BCUT2D eigenvalue weighted by atomic mass is 35.5. The summed E-state index contributed by atoms with van der Waals surface area (Å²) in [4.78, 5) is 23.4. The van der Waals surface area contributed by atoms with Crippen molar-refractivity contribution in [1.82, 2.24) is 5.16 Å². The van der Waals surface area contributed by atoms with Gasteiger partial charge in [-0.1, -0.05) is 16.8 Å². The van der Waals surface area contributed by atoms with E-state index in [4.69, 9.17) is 11.6 Å². The summed E-state index contributed by atoms with van der Waals surface area (Å²) < 4.78 is 42.5. The lowest BCUT2D eigenvalue weighted by Crippen LogP contribution is -2.52. The van der Waals surface area contributed by atoms with Crippen molar-refractivity contribution in [2.75, 3.05) is 10.6 Å². The second kappa shape index (κ2) is 6.73. The summed E-state index contributed by atoms with van der Waals surface area (Å²) in [6.07, 6.45) is -3.89. The first kappa shape index (κ1) is 18.7. The van der Waals surface area contributed by atoms with Crippen LogP contribution in [0, 0.1) is 0 Å². The molecule has 1 heterocycles. The number of nitrogens with zero attached hydrogens (tertiary/aromatic N) is 1. The fourth-order valence-electron chi connectivity index (χ4n) is 1.59. The van der Waals surface area contributed by atoms with E-state index in [1.807, 2.05) is 5.32 Å². The van der Waals surface area contributed by atoms with Crippen LogP contribution in [0.3, 0.4) is 0 Å². The molecule has 2 rings (SSSR count). The number of hydrogen-bond donors (Lipinski definition) is 3. The predicted octanol–water partition coefficient (Wildman–Crippen LogP) is 2.83. The molecule has 3 N–H and O–H groups in total. The van der Waals surface area contributed by atoms with E-state index in [2.05, 4.69) is 15.0 Å². The third-order valence-corrected chi connectivity index (χ3v) is 3.44. The van der Waals surface area contributed by atoms with Crippen molar-refractivity contribution in [1.29, 1.82) is 0 Å². The van der Waals surface area contributed by atoms with Crippen molar-refractivity contribution < 1.29 is 32.4 Å². The molecule has 0 unspecified atom stereocenters. The fourth-order valence-corrected chi connectivity index (χ4v) is 1.82. The number of aromatic nitrogens is 1. The van der Waals surface area contributed by atoms with Gasteiger partial charge in [0.25, 0.3) is 11.8 Å². The van der Waals surface area contributed by atoms with Crippen LogP contribution in [0.1, 0.15) is 17.5 Å². The predicted molar refractivity (Wildman–Crippen MR) is 81.2 cm³/mol. The summed E-state index contributed by atoms with van der Waals surface area (Å²) in [5.41, 5.74) is -3.56. The number of carbonyl (C=O) groups excluding carboxylic acids is 2. The number of carbonyl (C=O) groups is 2. The summed E-state index contributed by atoms with van der Waals surface area (Å²) in [5, 5.41) is 16.8. The Hall–Kier alpha value is -2.59. The minimum atomic E-state index is -5.16. The zero-order valence-corrected chi connectivity index (χ0v) is 13.3. The Bertz CT molecular complexity index is 791. The lowest BCUT2D eigenvalue weighted by atomic mass is 10.1. The second-order valence-electron chi connectivity index (χ2n) is 5.05. The topological polar surface area (TPSA) is 104 Å². The van der Waals surface area contributed by atoms with E-state index in [9.17, 15) is 27.9 Å². The van der Waals surface area contributed by atoms with Gasteiger partial charge >= 0.3 is 6.18 Å². The van der Waals surface area contributed by atoms with Crippen LogP contribution in [-0.2, 0) is 4.79 Å². The van der Waals surface area contributed by atoms with Crippen LogP contribution in [0.4, 0.5) is 24.5 Å². The molecule has 2 aromatic rings. The molecular formula is C14H11ClF3N3O4. The average Bonchev–Trinajstić information content (AvgIpc) is 3.03. The quantitative estimate of drug-likeness (QED) is 0.760.